The first-order valence-electron chi connectivity index (χ1n) is 8.09. The van der Waals surface area contributed by atoms with Crippen molar-refractivity contribution in [2.75, 3.05) is 5.32 Å². The molecule has 0 fully saturated rings. The summed E-state index contributed by atoms with van der Waals surface area (Å²) in [6.45, 7) is 3.71. The predicted molar refractivity (Wildman–Crippen MR) is 92.5 cm³/mol. The number of halogens is 3. The van der Waals surface area contributed by atoms with E-state index in [9.17, 15) is 22.8 Å². The average molecular weight is 364 g/mol. The van der Waals surface area contributed by atoms with Gasteiger partial charge in [0, 0.05) is 0 Å². The fourth-order valence-electron chi connectivity index (χ4n) is 2.41. The minimum Gasteiger partial charge on any atom is -0.341 e. The minimum atomic E-state index is -4.63. The van der Waals surface area contributed by atoms with Gasteiger partial charge < -0.3 is 10.6 Å². The van der Waals surface area contributed by atoms with Gasteiger partial charge in [-0.05, 0) is 36.6 Å². The number of nitrogens with one attached hydrogen (secondary N) is 2. The van der Waals surface area contributed by atoms with Crippen LogP contribution in [-0.4, -0.2) is 11.8 Å². The van der Waals surface area contributed by atoms with Crippen LogP contribution in [0.25, 0.3) is 0 Å². The van der Waals surface area contributed by atoms with Crippen molar-refractivity contribution in [3.63, 3.8) is 0 Å². The molecule has 0 aliphatic carbocycles. The van der Waals surface area contributed by atoms with Crippen LogP contribution in [-0.2, 0) is 22.2 Å². The van der Waals surface area contributed by atoms with Gasteiger partial charge >= 0.3 is 18.0 Å². The van der Waals surface area contributed by atoms with Crippen molar-refractivity contribution in [2.24, 2.45) is 0 Å². The van der Waals surface area contributed by atoms with Crippen LogP contribution >= 0.6 is 0 Å². The van der Waals surface area contributed by atoms with Crippen molar-refractivity contribution in [3.05, 3.63) is 65.2 Å². The highest BCUT2D eigenvalue weighted by Gasteiger charge is 2.34. The van der Waals surface area contributed by atoms with Gasteiger partial charge in [0.15, 0.2) is 0 Å². The van der Waals surface area contributed by atoms with E-state index in [4.69, 9.17) is 0 Å². The van der Waals surface area contributed by atoms with E-state index in [1.807, 2.05) is 36.5 Å². The zero-order valence-corrected chi connectivity index (χ0v) is 14.4. The third-order valence-corrected chi connectivity index (χ3v) is 3.92. The first-order valence-corrected chi connectivity index (χ1v) is 8.09. The number of hydrogen-bond acceptors (Lipinski definition) is 2. The SMILES string of the molecule is CCc1ccc(C(C)NC(=O)C(=O)Nc2ccccc2C(F)(F)F)cc1. The second kappa shape index (κ2) is 8.03. The summed E-state index contributed by atoms with van der Waals surface area (Å²) in [5.41, 5.74) is 0.456. The molecular formula is C19H19F3N2O2. The lowest BCUT2D eigenvalue weighted by atomic mass is 10.0. The largest absolute Gasteiger partial charge is 0.418 e. The number of alkyl halides is 3. The van der Waals surface area contributed by atoms with Gasteiger partial charge in [-0.3, -0.25) is 9.59 Å². The van der Waals surface area contributed by atoms with Gasteiger partial charge in [0.2, 0.25) is 0 Å². The summed E-state index contributed by atoms with van der Waals surface area (Å²) in [6.07, 6.45) is -3.75. The number of anilines is 1. The molecule has 138 valence electrons. The highest BCUT2D eigenvalue weighted by molar-refractivity contribution is 6.39. The monoisotopic (exact) mass is 364 g/mol. The maximum absolute atomic E-state index is 12.9. The molecule has 1 atom stereocenters. The molecule has 2 aromatic carbocycles. The molecule has 0 aromatic heterocycles. The summed E-state index contributed by atoms with van der Waals surface area (Å²) in [6, 6.07) is 11.5. The van der Waals surface area contributed by atoms with E-state index in [1.165, 1.54) is 12.1 Å². The molecular weight excluding hydrogens is 345 g/mol. The molecule has 4 nitrogen and oxygen atoms in total. The number of carbonyl (C=O) groups is 2. The van der Waals surface area contributed by atoms with Crippen LogP contribution in [0.2, 0.25) is 0 Å². The number of benzene rings is 2. The number of rotatable bonds is 4. The van der Waals surface area contributed by atoms with Gasteiger partial charge in [-0.2, -0.15) is 13.2 Å². The number of carbonyl (C=O) groups excluding carboxylic acids is 2. The van der Waals surface area contributed by atoms with Crippen molar-refractivity contribution < 1.29 is 22.8 Å². The quantitative estimate of drug-likeness (QED) is 0.803. The highest BCUT2D eigenvalue weighted by Crippen LogP contribution is 2.34. The molecule has 0 saturated heterocycles. The van der Waals surface area contributed by atoms with Crippen LogP contribution in [0.5, 0.6) is 0 Å². The molecule has 0 saturated carbocycles. The van der Waals surface area contributed by atoms with Crippen LogP contribution in [0.3, 0.4) is 0 Å². The van der Waals surface area contributed by atoms with Crippen molar-refractivity contribution in [1.29, 1.82) is 0 Å². The van der Waals surface area contributed by atoms with E-state index in [2.05, 4.69) is 5.32 Å². The third kappa shape index (κ3) is 4.84. The lowest BCUT2D eigenvalue weighted by Crippen LogP contribution is -2.37. The van der Waals surface area contributed by atoms with E-state index in [-0.39, 0.29) is 0 Å². The Labute approximate surface area is 149 Å². The van der Waals surface area contributed by atoms with Gasteiger partial charge in [-0.15, -0.1) is 0 Å². The second-order valence-corrected chi connectivity index (χ2v) is 5.79. The normalized spacial score (nSPS) is 12.3. The van der Waals surface area contributed by atoms with Crippen molar-refractivity contribution >= 4 is 17.5 Å². The number of hydrogen-bond donors (Lipinski definition) is 2. The summed E-state index contributed by atoms with van der Waals surface area (Å²) in [5, 5.41) is 4.50. The van der Waals surface area contributed by atoms with Crippen molar-refractivity contribution in [3.8, 4) is 0 Å². The van der Waals surface area contributed by atoms with Gasteiger partial charge in [0.1, 0.15) is 0 Å². The first-order chi connectivity index (χ1) is 12.2. The first kappa shape index (κ1) is 19.5. The average Bonchev–Trinajstić information content (AvgIpc) is 2.61. The lowest BCUT2D eigenvalue weighted by molar-refractivity contribution is -0.138. The van der Waals surface area contributed by atoms with Crippen LogP contribution in [0.4, 0.5) is 18.9 Å². The Morgan fingerprint density at radius 2 is 1.62 bits per heavy atom. The van der Waals surface area contributed by atoms with Gasteiger partial charge in [0.25, 0.3) is 0 Å². The Hall–Kier alpha value is -2.83. The Morgan fingerprint density at radius 1 is 1.00 bits per heavy atom. The second-order valence-electron chi connectivity index (χ2n) is 5.79. The zero-order chi connectivity index (χ0) is 19.3. The Balaban J connectivity index is 2.05. The summed E-state index contributed by atoms with van der Waals surface area (Å²) < 4.78 is 38.8. The van der Waals surface area contributed by atoms with Gasteiger partial charge in [-0.25, -0.2) is 0 Å². The van der Waals surface area contributed by atoms with Crippen molar-refractivity contribution in [2.45, 2.75) is 32.5 Å². The molecule has 0 spiro atoms. The van der Waals surface area contributed by atoms with Crippen LogP contribution in [0, 0.1) is 0 Å². The Morgan fingerprint density at radius 3 is 2.19 bits per heavy atom. The predicted octanol–water partition coefficient (Wildman–Crippen LogP) is 4.08. The molecule has 2 aromatic rings. The molecule has 0 aliphatic heterocycles. The van der Waals surface area contributed by atoms with E-state index in [0.29, 0.717) is 0 Å². The molecule has 1 unspecified atom stereocenters. The summed E-state index contributed by atoms with van der Waals surface area (Å²) in [7, 11) is 0. The summed E-state index contributed by atoms with van der Waals surface area (Å²) >= 11 is 0. The van der Waals surface area contributed by atoms with E-state index in [1.54, 1.807) is 6.92 Å². The number of aryl methyl sites for hydroxylation is 1. The molecule has 0 aliphatic rings. The van der Waals surface area contributed by atoms with Gasteiger partial charge in [0.05, 0.1) is 17.3 Å². The molecule has 2 N–H and O–H groups in total. The highest BCUT2D eigenvalue weighted by atomic mass is 19.4. The summed E-state index contributed by atoms with van der Waals surface area (Å²) in [4.78, 5) is 24.0. The number of amides is 2. The van der Waals surface area contributed by atoms with Gasteiger partial charge in [-0.1, -0.05) is 43.3 Å². The lowest BCUT2D eigenvalue weighted by Gasteiger charge is -2.16. The van der Waals surface area contributed by atoms with Crippen LogP contribution in [0.15, 0.2) is 48.5 Å². The molecule has 26 heavy (non-hydrogen) atoms. The molecule has 0 heterocycles. The molecule has 0 bridgehead atoms. The summed E-state index contributed by atoms with van der Waals surface area (Å²) in [5.74, 6) is -2.16. The van der Waals surface area contributed by atoms with E-state index >= 15 is 0 Å². The molecule has 2 amide bonds. The third-order valence-electron chi connectivity index (χ3n) is 3.92. The van der Waals surface area contributed by atoms with Crippen LogP contribution < -0.4 is 10.6 Å². The fourth-order valence-corrected chi connectivity index (χ4v) is 2.41. The number of para-hydroxylation sites is 1. The van der Waals surface area contributed by atoms with E-state index in [0.717, 1.165) is 29.7 Å². The Kier molecular flexibility index (Phi) is 6.02. The zero-order valence-electron chi connectivity index (χ0n) is 14.4. The van der Waals surface area contributed by atoms with Crippen molar-refractivity contribution in [1.82, 2.24) is 5.32 Å². The smallest absolute Gasteiger partial charge is 0.341 e. The molecule has 2 rings (SSSR count). The maximum Gasteiger partial charge on any atom is 0.418 e. The Bertz CT molecular complexity index is 786. The minimum absolute atomic E-state index is 0.458. The maximum atomic E-state index is 12.9. The fraction of sp³-hybridized carbons (Fsp3) is 0.263. The molecule has 7 heteroatoms. The topological polar surface area (TPSA) is 58.2 Å². The van der Waals surface area contributed by atoms with Crippen LogP contribution in [0.1, 0.15) is 36.6 Å². The standard InChI is InChI=1S/C19H19F3N2O2/c1-3-13-8-10-14(11-9-13)12(2)23-17(25)18(26)24-16-7-5-4-6-15(16)19(20,21)22/h4-12H,3H2,1-2H3,(H,23,25)(H,24,26). The van der Waals surface area contributed by atoms with E-state index < -0.39 is 35.3 Å². The molecule has 0 radical (unpaired) electrons.